The molecule has 0 spiro atoms. The molecule has 0 unspecified atom stereocenters. The fraction of sp³-hybridized carbons (Fsp3) is 0.423. The van der Waals surface area contributed by atoms with Gasteiger partial charge in [0, 0.05) is 16.8 Å². The second-order valence-electron chi connectivity index (χ2n) is 10.3. The summed E-state index contributed by atoms with van der Waals surface area (Å²) in [5.74, 6) is -0.452. The van der Waals surface area contributed by atoms with Gasteiger partial charge < -0.3 is 15.4 Å². The van der Waals surface area contributed by atoms with E-state index in [9.17, 15) is 14.4 Å². The fourth-order valence-electron chi connectivity index (χ4n) is 4.32. The summed E-state index contributed by atoms with van der Waals surface area (Å²) in [6.07, 6.45) is 3.25. The molecule has 1 aliphatic carbocycles. The minimum Gasteiger partial charge on any atom is -0.476 e. The minimum absolute atomic E-state index is 0.161. The average molecular weight is 450 g/mol. The number of hydrogen-bond acceptors (Lipinski definition) is 4. The van der Waals surface area contributed by atoms with Crippen LogP contribution in [-0.4, -0.2) is 35.4 Å². The predicted molar refractivity (Wildman–Crippen MR) is 128 cm³/mol. The molecule has 7 heteroatoms. The lowest BCUT2D eigenvalue weighted by atomic mass is 10.0. The molecule has 2 N–H and O–H groups in total. The molecule has 0 aromatic heterocycles. The Morgan fingerprint density at radius 3 is 2.52 bits per heavy atom. The number of amides is 3. The van der Waals surface area contributed by atoms with E-state index in [0.29, 0.717) is 17.0 Å². The van der Waals surface area contributed by atoms with Gasteiger partial charge in [-0.25, -0.2) is 0 Å². The second-order valence-corrected chi connectivity index (χ2v) is 10.3. The van der Waals surface area contributed by atoms with Gasteiger partial charge in [-0.05, 0) is 95.3 Å². The molecule has 1 heterocycles. The number of carbonyl (C=O) groups is 3. The molecule has 3 amide bonds. The molecule has 0 bridgehead atoms. The SMILES string of the molecule is CC(C)(C)NC(=O)CN1C(=O)C(C)(C)Oc2ccc(C(=O)Nc3ccc4c(c3)CCC4)cc21. The lowest BCUT2D eigenvalue weighted by molar-refractivity contribution is -0.134. The van der Waals surface area contributed by atoms with Crippen molar-refractivity contribution in [1.29, 1.82) is 0 Å². The summed E-state index contributed by atoms with van der Waals surface area (Å²) in [7, 11) is 0. The first kappa shape index (κ1) is 22.8. The Morgan fingerprint density at radius 2 is 1.79 bits per heavy atom. The molecule has 174 valence electrons. The Bertz CT molecular complexity index is 1130. The van der Waals surface area contributed by atoms with Crippen LogP contribution in [0.5, 0.6) is 5.75 Å². The molecule has 7 nitrogen and oxygen atoms in total. The van der Waals surface area contributed by atoms with Gasteiger partial charge in [-0.2, -0.15) is 0 Å². The van der Waals surface area contributed by atoms with Gasteiger partial charge in [-0.1, -0.05) is 6.07 Å². The maximum absolute atomic E-state index is 13.1. The zero-order chi connectivity index (χ0) is 24.0. The number of anilines is 2. The highest BCUT2D eigenvalue weighted by Gasteiger charge is 2.42. The van der Waals surface area contributed by atoms with Gasteiger partial charge in [0.05, 0.1) is 5.69 Å². The monoisotopic (exact) mass is 449 g/mol. The highest BCUT2D eigenvalue weighted by atomic mass is 16.5. The van der Waals surface area contributed by atoms with Crippen LogP contribution in [0, 0.1) is 0 Å². The van der Waals surface area contributed by atoms with Crippen LogP contribution in [0.25, 0.3) is 0 Å². The smallest absolute Gasteiger partial charge is 0.271 e. The molecule has 0 atom stereocenters. The number of nitrogens with zero attached hydrogens (tertiary/aromatic N) is 1. The van der Waals surface area contributed by atoms with E-state index in [1.807, 2.05) is 32.9 Å². The molecular weight excluding hydrogens is 418 g/mol. The predicted octanol–water partition coefficient (Wildman–Crippen LogP) is 3.85. The summed E-state index contributed by atoms with van der Waals surface area (Å²) < 4.78 is 5.89. The van der Waals surface area contributed by atoms with Crippen molar-refractivity contribution >= 4 is 29.1 Å². The van der Waals surface area contributed by atoms with E-state index in [4.69, 9.17) is 4.74 Å². The van der Waals surface area contributed by atoms with Crippen molar-refractivity contribution in [3.8, 4) is 5.75 Å². The first-order chi connectivity index (χ1) is 15.4. The molecule has 0 saturated heterocycles. The van der Waals surface area contributed by atoms with Gasteiger partial charge in [0.2, 0.25) is 5.91 Å². The van der Waals surface area contributed by atoms with Crippen LogP contribution in [0.2, 0.25) is 0 Å². The van der Waals surface area contributed by atoms with Gasteiger partial charge >= 0.3 is 0 Å². The number of rotatable bonds is 4. The van der Waals surface area contributed by atoms with Crippen molar-refractivity contribution in [1.82, 2.24) is 5.32 Å². The van der Waals surface area contributed by atoms with Crippen molar-refractivity contribution < 1.29 is 19.1 Å². The largest absolute Gasteiger partial charge is 0.476 e. The minimum atomic E-state index is -1.12. The molecule has 1 aliphatic heterocycles. The van der Waals surface area contributed by atoms with Gasteiger partial charge in [-0.3, -0.25) is 19.3 Å². The highest BCUT2D eigenvalue weighted by Crippen LogP contribution is 2.38. The first-order valence-corrected chi connectivity index (χ1v) is 11.3. The number of fused-ring (bicyclic) bond motifs is 2. The number of aryl methyl sites for hydroxylation is 2. The van der Waals surface area contributed by atoms with E-state index >= 15 is 0 Å². The summed E-state index contributed by atoms with van der Waals surface area (Å²) in [6.45, 7) is 8.82. The molecule has 2 aliphatic rings. The highest BCUT2D eigenvalue weighted by molar-refractivity contribution is 6.09. The van der Waals surface area contributed by atoms with Crippen LogP contribution in [-0.2, 0) is 22.4 Å². The Hall–Kier alpha value is -3.35. The molecule has 4 rings (SSSR count). The standard InChI is InChI=1S/C26H31N3O4/c1-25(2,3)28-22(30)15-29-20-14-18(10-12-21(20)33-26(4,5)24(29)32)23(31)27-19-11-9-16-7-6-8-17(16)13-19/h9-14H,6-8,15H2,1-5H3,(H,27,31)(H,28,30). The van der Waals surface area contributed by atoms with Crippen LogP contribution >= 0.6 is 0 Å². The third-order valence-electron chi connectivity index (χ3n) is 5.81. The summed E-state index contributed by atoms with van der Waals surface area (Å²) in [6, 6.07) is 11.0. The lowest BCUT2D eigenvalue weighted by Gasteiger charge is -2.39. The quantitative estimate of drug-likeness (QED) is 0.742. The molecule has 2 aromatic carbocycles. The Labute approximate surface area is 194 Å². The van der Waals surface area contributed by atoms with Crippen molar-refractivity contribution in [2.24, 2.45) is 0 Å². The molecule has 2 aromatic rings. The summed E-state index contributed by atoms with van der Waals surface area (Å²) >= 11 is 0. The Morgan fingerprint density at radius 1 is 1.06 bits per heavy atom. The molecule has 0 radical (unpaired) electrons. The van der Waals surface area contributed by atoms with Crippen LogP contribution in [0.3, 0.4) is 0 Å². The van der Waals surface area contributed by atoms with Crippen LogP contribution in [0.15, 0.2) is 36.4 Å². The van der Waals surface area contributed by atoms with Gasteiger partial charge in [-0.15, -0.1) is 0 Å². The zero-order valence-electron chi connectivity index (χ0n) is 19.9. The van der Waals surface area contributed by atoms with Gasteiger partial charge in [0.1, 0.15) is 12.3 Å². The topological polar surface area (TPSA) is 87.7 Å². The fourth-order valence-corrected chi connectivity index (χ4v) is 4.32. The third-order valence-corrected chi connectivity index (χ3v) is 5.81. The van der Waals surface area contributed by atoms with Crippen LogP contribution < -0.4 is 20.3 Å². The Balaban J connectivity index is 1.60. The maximum Gasteiger partial charge on any atom is 0.271 e. The molecular formula is C26H31N3O4. The number of ether oxygens (including phenoxy) is 1. The summed E-state index contributed by atoms with van der Waals surface area (Å²) in [5, 5.41) is 5.83. The molecule has 0 fully saturated rings. The number of hydrogen-bond donors (Lipinski definition) is 2. The van der Waals surface area contributed by atoms with E-state index in [0.717, 1.165) is 24.9 Å². The number of nitrogens with one attached hydrogen (secondary N) is 2. The van der Waals surface area contributed by atoms with E-state index in [1.165, 1.54) is 16.0 Å². The van der Waals surface area contributed by atoms with Crippen molar-refractivity contribution in [3.05, 3.63) is 53.1 Å². The summed E-state index contributed by atoms with van der Waals surface area (Å²) in [5.41, 5.74) is 2.59. The lowest BCUT2D eigenvalue weighted by Crippen LogP contribution is -2.56. The number of carbonyl (C=O) groups excluding carboxylic acids is 3. The van der Waals surface area contributed by atoms with E-state index in [2.05, 4.69) is 16.7 Å². The third kappa shape index (κ3) is 4.87. The maximum atomic E-state index is 13.1. The van der Waals surface area contributed by atoms with E-state index in [-0.39, 0.29) is 24.3 Å². The second kappa shape index (κ2) is 8.21. The number of benzene rings is 2. The van der Waals surface area contributed by atoms with Crippen molar-refractivity contribution in [2.75, 3.05) is 16.8 Å². The van der Waals surface area contributed by atoms with Gasteiger partial charge in [0.15, 0.2) is 5.60 Å². The van der Waals surface area contributed by atoms with Crippen molar-refractivity contribution in [2.45, 2.75) is 65.0 Å². The Kier molecular flexibility index (Phi) is 5.68. The van der Waals surface area contributed by atoms with Crippen LogP contribution in [0.1, 0.15) is 62.5 Å². The van der Waals surface area contributed by atoms with Crippen LogP contribution in [0.4, 0.5) is 11.4 Å². The average Bonchev–Trinajstić information content (AvgIpc) is 3.17. The summed E-state index contributed by atoms with van der Waals surface area (Å²) in [4.78, 5) is 40.1. The zero-order valence-corrected chi connectivity index (χ0v) is 19.9. The van der Waals surface area contributed by atoms with Gasteiger partial charge in [0.25, 0.3) is 11.8 Å². The van der Waals surface area contributed by atoms with E-state index in [1.54, 1.807) is 32.0 Å². The van der Waals surface area contributed by atoms with E-state index < -0.39 is 11.1 Å². The first-order valence-electron chi connectivity index (χ1n) is 11.3. The molecule has 33 heavy (non-hydrogen) atoms. The molecule has 0 saturated carbocycles. The van der Waals surface area contributed by atoms with Crippen molar-refractivity contribution in [3.63, 3.8) is 0 Å². The normalized spacial score (nSPS) is 16.5.